The van der Waals surface area contributed by atoms with Crippen molar-refractivity contribution in [3.05, 3.63) is 17.8 Å². The largest absolute Gasteiger partial charge is 0.396 e. The van der Waals surface area contributed by atoms with Gasteiger partial charge in [0, 0.05) is 26.3 Å². The van der Waals surface area contributed by atoms with E-state index >= 15 is 0 Å². The zero-order valence-corrected chi connectivity index (χ0v) is 10.9. The number of nitrogen functional groups attached to an aromatic ring is 1. The molecule has 3 N–H and O–H groups in total. The number of aromatic nitrogens is 1. The second-order valence-corrected chi connectivity index (χ2v) is 4.82. The van der Waals surface area contributed by atoms with E-state index in [0.717, 1.165) is 30.8 Å². The van der Waals surface area contributed by atoms with E-state index in [9.17, 15) is 4.79 Å². The van der Waals surface area contributed by atoms with E-state index in [0.29, 0.717) is 12.2 Å². The molecule has 0 bridgehead atoms. The number of nitrogens with two attached hydrogens (primary N) is 1. The molecule has 1 unspecified atom stereocenters. The smallest absolute Gasteiger partial charge is 0.224 e. The maximum atomic E-state index is 11.7. The number of hydrogen-bond donors (Lipinski definition) is 2. The van der Waals surface area contributed by atoms with Crippen molar-refractivity contribution in [2.75, 3.05) is 30.8 Å². The van der Waals surface area contributed by atoms with Gasteiger partial charge in [0.05, 0.1) is 11.6 Å². The van der Waals surface area contributed by atoms with E-state index in [1.165, 1.54) is 0 Å². The molecule has 1 aromatic heterocycles. The minimum absolute atomic E-state index is 0.0336. The van der Waals surface area contributed by atoms with Crippen molar-refractivity contribution < 1.29 is 4.79 Å². The highest BCUT2D eigenvalue weighted by Crippen LogP contribution is 2.26. The fraction of sp³-hybridized carbons (Fsp3) is 0.538. The van der Waals surface area contributed by atoms with Gasteiger partial charge in [0.1, 0.15) is 0 Å². The zero-order valence-electron chi connectivity index (χ0n) is 10.9. The van der Waals surface area contributed by atoms with Gasteiger partial charge in [0.25, 0.3) is 0 Å². The first-order chi connectivity index (χ1) is 8.61. The lowest BCUT2D eigenvalue weighted by Crippen LogP contribution is -2.42. The predicted molar refractivity (Wildman–Crippen MR) is 72.4 cm³/mol. The average Bonchev–Trinajstić information content (AvgIpc) is 2.38. The van der Waals surface area contributed by atoms with E-state index in [-0.39, 0.29) is 11.8 Å². The fourth-order valence-electron chi connectivity index (χ4n) is 2.44. The summed E-state index contributed by atoms with van der Waals surface area (Å²) in [5, 5.41) is 2.71. The Hall–Kier alpha value is -1.78. The van der Waals surface area contributed by atoms with Crippen LogP contribution in [0.25, 0.3) is 0 Å². The molecule has 1 saturated heterocycles. The van der Waals surface area contributed by atoms with E-state index in [4.69, 9.17) is 5.73 Å². The van der Waals surface area contributed by atoms with Gasteiger partial charge in [-0.1, -0.05) is 0 Å². The maximum Gasteiger partial charge on any atom is 0.224 e. The Bertz CT molecular complexity index is 447. The SMILES string of the molecule is CNC(=O)C1CCCN(c2ncc(C)cc2N)C1. The quantitative estimate of drug-likeness (QED) is 0.817. The number of hydrogen-bond acceptors (Lipinski definition) is 4. The van der Waals surface area contributed by atoms with Gasteiger partial charge in [-0.05, 0) is 31.4 Å². The molecule has 18 heavy (non-hydrogen) atoms. The van der Waals surface area contributed by atoms with Gasteiger partial charge in [-0.3, -0.25) is 4.79 Å². The maximum absolute atomic E-state index is 11.7. The summed E-state index contributed by atoms with van der Waals surface area (Å²) in [5.74, 6) is 0.936. The minimum Gasteiger partial charge on any atom is -0.396 e. The summed E-state index contributed by atoms with van der Waals surface area (Å²) in [4.78, 5) is 18.2. The highest BCUT2D eigenvalue weighted by molar-refractivity contribution is 5.79. The van der Waals surface area contributed by atoms with Crippen LogP contribution < -0.4 is 16.0 Å². The second-order valence-electron chi connectivity index (χ2n) is 4.82. The summed E-state index contributed by atoms with van der Waals surface area (Å²) in [6.07, 6.45) is 3.74. The molecule has 2 rings (SSSR count). The molecular formula is C13H20N4O. The highest BCUT2D eigenvalue weighted by atomic mass is 16.1. The second kappa shape index (κ2) is 5.25. The fourth-order valence-corrected chi connectivity index (χ4v) is 2.44. The van der Waals surface area contributed by atoms with Gasteiger partial charge in [0.15, 0.2) is 5.82 Å². The molecule has 1 amide bonds. The summed E-state index contributed by atoms with van der Waals surface area (Å²) in [6.45, 7) is 3.57. The molecule has 5 heteroatoms. The lowest BCUT2D eigenvalue weighted by atomic mass is 9.97. The van der Waals surface area contributed by atoms with Crippen molar-refractivity contribution in [3.8, 4) is 0 Å². The first kappa shape index (κ1) is 12.7. The number of pyridine rings is 1. The Balaban J connectivity index is 2.15. The molecule has 0 radical (unpaired) electrons. The molecule has 98 valence electrons. The average molecular weight is 248 g/mol. The topological polar surface area (TPSA) is 71.2 Å². The van der Waals surface area contributed by atoms with Crippen LogP contribution in [0.3, 0.4) is 0 Å². The molecule has 1 aliphatic rings. The van der Waals surface area contributed by atoms with Gasteiger partial charge >= 0.3 is 0 Å². The van der Waals surface area contributed by atoms with Crippen molar-refractivity contribution >= 4 is 17.4 Å². The Labute approximate surface area is 107 Å². The van der Waals surface area contributed by atoms with Crippen molar-refractivity contribution in [3.63, 3.8) is 0 Å². The van der Waals surface area contributed by atoms with Crippen LogP contribution in [-0.2, 0) is 4.79 Å². The Morgan fingerprint density at radius 1 is 1.61 bits per heavy atom. The standard InChI is InChI=1S/C13H20N4O/c1-9-6-11(14)12(16-7-9)17-5-3-4-10(8-17)13(18)15-2/h6-7,10H,3-5,8,14H2,1-2H3,(H,15,18). The number of nitrogens with zero attached hydrogens (tertiary/aromatic N) is 2. The summed E-state index contributed by atoms with van der Waals surface area (Å²) in [6, 6.07) is 1.92. The third-order valence-electron chi connectivity index (χ3n) is 3.37. The number of piperidine rings is 1. The molecule has 2 heterocycles. The van der Waals surface area contributed by atoms with Gasteiger partial charge in [0.2, 0.25) is 5.91 Å². The van der Waals surface area contributed by atoms with Crippen LogP contribution in [-0.4, -0.2) is 31.0 Å². The van der Waals surface area contributed by atoms with E-state index < -0.39 is 0 Å². The molecule has 0 aliphatic carbocycles. The Morgan fingerprint density at radius 2 is 2.39 bits per heavy atom. The van der Waals surface area contributed by atoms with Crippen LogP contribution in [0.2, 0.25) is 0 Å². The molecule has 5 nitrogen and oxygen atoms in total. The van der Waals surface area contributed by atoms with Crippen LogP contribution in [0.1, 0.15) is 18.4 Å². The van der Waals surface area contributed by atoms with Crippen molar-refractivity contribution in [1.82, 2.24) is 10.3 Å². The molecule has 0 spiro atoms. The number of aryl methyl sites for hydroxylation is 1. The van der Waals surface area contributed by atoms with Crippen molar-refractivity contribution in [2.45, 2.75) is 19.8 Å². The van der Waals surface area contributed by atoms with Crippen LogP contribution in [0.15, 0.2) is 12.3 Å². The molecule has 1 fully saturated rings. The van der Waals surface area contributed by atoms with Crippen LogP contribution >= 0.6 is 0 Å². The van der Waals surface area contributed by atoms with Crippen molar-refractivity contribution in [1.29, 1.82) is 0 Å². The summed E-state index contributed by atoms with van der Waals surface area (Å²) in [5.41, 5.74) is 7.74. The first-order valence-corrected chi connectivity index (χ1v) is 6.30. The zero-order chi connectivity index (χ0) is 13.1. The number of carbonyl (C=O) groups is 1. The van der Waals surface area contributed by atoms with Crippen LogP contribution in [0.5, 0.6) is 0 Å². The summed E-state index contributed by atoms with van der Waals surface area (Å²) < 4.78 is 0. The Kier molecular flexibility index (Phi) is 3.69. The highest BCUT2D eigenvalue weighted by Gasteiger charge is 2.26. The van der Waals surface area contributed by atoms with Crippen molar-refractivity contribution in [2.24, 2.45) is 5.92 Å². The van der Waals surface area contributed by atoms with Crippen LogP contribution in [0.4, 0.5) is 11.5 Å². The first-order valence-electron chi connectivity index (χ1n) is 6.30. The molecule has 1 atom stereocenters. The van der Waals surface area contributed by atoms with Gasteiger partial charge < -0.3 is 16.0 Å². The van der Waals surface area contributed by atoms with E-state index in [2.05, 4.69) is 15.2 Å². The third kappa shape index (κ3) is 2.55. The molecule has 0 aromatic carbocycles. The predicted octanol–water partition coefficient (Wildman–Crippen LogP) is 0.935. The Morgan fingerprint density at radius 3 is 3.06 bits per heavy atom. The molecule has 0 saturated carbocycles. The molecule has 1 aromatic rings. The molecule has 1 aliphatic heterocycles. The van der Waals surface area contributed by atoms with E-state index in [1.54, 1.807) is 7.05 Å². The monoisotopic (exact) mass is 248 g/mol. The number of anilines is 2. The number of nitrogens with one attached hydrogen (secondary N) is 1. The molecular weight excluding hydrogens is 228 g/mol. The van der Waals surface area contributed by atoms with E-state index in [1.807, 2.05) is 19.2 Å². The minimum atomic E-state index is 0.0336. The lowest BCUT2D eigenvalue weighted by molar-refractivity contribution is -0.124. The van der Waals surface area contributed by atoms with Gasteiger partial charge in [-0.15, -0.1) is 0 Å². The summed E-state index contributed by atoms with van der Waals surface area (Å²) in [7, 11) is 1.68. The lowest BCUT2D eigenvalue weighted by Gasteiger charge is -2.33. The third-order valence-corrected chi connectivity index (χ3v) is 3.37. The number of rotatable bonds is 2. The normalized spacial score (nSPS) is 19.7. The van der Waals surface area contributed by atoms with Gasteiger partial charge in [-0.25, -0.2) is 4.98 Å². The number of amides is 1. The van der Waals surface area contributed by atoms with Crippen LogP contribution in [0, 0.1) is 12.8 Å². The number of carbonyl (C=O) groups excluding carboxylic acids is 1. The summed E-state index contributed by atoms with van der Waals surface area (Å²) >= 11 is 0. The van der Waals surface area contributed by atoms with Gasteiger partial charge in [-0.2, -0.15) is 0 Å².